The predicted octanol–water partition coefficient (Wildman–Crippen LogP) is 3.89. The Balaban J connectivity index is 1.93. The lowest BCUT2D eigenvalue weighted by Crippen LogP contribution is -2.21. The molecule has 0 aliphatic carbocycles. The molecule has 2 nitrogen and oxygen atoms in total. The van der Waals surface area contributed by atoms with Gasteiger partial charge < -0.3 is 5.32 Å². The van der Waals surface area contributed by atoms with Crippen LogP contribution in [0.2, 0.25) is 0 Å². The molecule has 0 bridgehead atoms. The number of carbonyl (C=O) groups is 1. The highest BCUT2D eigenvalue weighted by molar-refractivity contribution is 5.91. The molecule has 1 amide bonds. The summed E-state index contributed by atoms with van der Waals surface area (Å²) in [5.41, 5.74) is -0.0234. The molecule has 0 spiro atoms. The van der Waals surface area contributed by atoms with Crippen LogP contribution < -0.4 is 5.32 Å². The molecule has 0 radical (unpaired) electrons. The summed E-state index contributed by atoms with van der Waals surface area (Å²) in [6.45, 7) is -0.0375. The van der Waals surface area contributed by atoms with E-state index in [1.54, 1.807) is 6.08 Å². The number of carbonyl (C=O) groups excluding carboxylic acids is 1. The third-order valence-corrected chi connectivity index (χ3v) is 3.03. The molecule has 0 heterocycles. The van der Waals surface area contributed by atoms with Crippen molar-refractivity contribution in [3.05, 3.63) is 77.4 Å². The second-order valence-electron chi connectivity index (χ2n) is 4.81. The molecule has 24 heavy (non-hydrogen) atoms. The summed E-state index contributed by atoms with van der Waals surface area (Å²) in [7, 11) is 0. The normalized spacial score (nSPS) is 11.0. The molecular weight excluding hydrogens is 315 g/mol. The number of hydrogen-bond acceptors (Lipinski definition) is 1. The summed E-state index contributed by atoms with van der Waals surface area (Å²) in [6.07, 6.45) is -1.46. The summed E-state index contributed by atoms with van der Waals surface area (Å²) in [6, 6.07) is 14.3. The van der Waals surface area contributed by atoms with Gasteiger partial charge in [0.25, 0.3) is 0 Å². The van der Waals surface area contributed by atoms with Crippen LogP contribution in [0.15, 0.2) is 60.7 Å². The van der Waals surface area contributed by atoms with Gasteiger partial charge in [-0.1, -0.05) is 54.3 Å². The van der Waals surface area contributed by atoms with Crippen LogP contribution in [0.1, 0.15) is 16.7 Å². The molecule has 2 aromatic rings. The van der Waals surface area contributed by atoms with E-state index in [2.05, 4.69) is 17.2 Å². The Kier molecular flexibility index (Phi) is 5.80. The Morgan fingerprint density at radius 3 is 2.42 bits per heavy atom. The smallest absolute Gasteiger partial charge is 0.342 e. The highest BCUT2D eigenvalue weighted by Crippen LogP contribution is 2.31. The van der Waals surface area contributed by atoms with Gasteiger partial charge in [-0.25, -0.2) is 0 Å². The maximum absolute atomic E-state index is 12.8. The van der Waals surface area contributed by atoms with E-state index in [0.717, 1.165) is 11.6 Å². The molecule has 0 saturated heterocycles. The number of hydrogen-bond donors (Lipinski definition) is 1. The van der Waals surface area contributed by atoms with E-state index < -0.39 is 11.7 Å². The van der Waals surface area contributed by atoms with Gasteiger partial charge in [-0.05, 0) is 23.8 Å². The third-order valence-electron chi connectivity index (χ3n) is 3.03. The molecule has 0 aliphatic heterocycles. The lowest BCUT2D eigenvalue weighted by Gasteiger charge is -2.08. The zero-order valence-electron chi connectivity index (χ0n) is 12.6. The molecule has 0 unspecified atom stereocenters. The van der Waals surface area contributed by atoms with Crippen LogP contribution in [0.25, 0.3) is 6.08 Å². The van der Waals surface area contributed by atoms with Crippen LogP contribution in [0.5, 0.6) is 0 Å². The molecule has 0 saturated carbocycles. The van der Waals surface area contributed by atoms with E-state index in [4.69, 9.17) is 0 Å². The highest BCUT2D eigenvalue weighted by atomic mass is 19.4. The Morgan fingerprint density at radius 1 is 1.04 bits per heavy atom. The summed E-state index contributed by atoms with van der Waals surface area (Å²) < 4.78 is 38.4. The van der Waals surface area contributed by atoms with Crippen molar-refractivity contribution in [2.24, 2.45) is 0 Å². The number of halogens is 3. The van der Waals surface area contributed by atoms with E-state index in [1.807, 2.05) is 30.3 Å². The number of amides is 1. The third kappa shape index (κ3) is 5.33. The van der Waals surface area contributed by atoms with Crippen molar-refractivity contribution >= 4 is 12.0 Å². The second-order valence-corrected chi connectivity index (χ2v) is 4.81. The van der Waals surface area contributed by atoms with Gasteiger partial charge in [0.15, 0.2) is 0 Å². The molecule has 2 rings (SSSR count). The quantitative estimate of drug-likeness (QED) is 0.672. The average Bonchev–Trinajstić information content (AvgIpc) is 2.57. The maximum atomic E-state index is 12.8. The van der Waals surface area contributed by atoms with Gasteiger partial charge in [-0.3, -0.25) is 4.79 Å². The first kappa shape index (κ1) is 17.4. The van der Waals surface area contributed by atoms with E-state index in [1.165, 1.54) is 24.3 Å². The SMILES string of the molecule is O=C(/C=C/c1ccccc1)NCC#Cc1ccccc1C(F)(F)F. The van der Waals surface area contributed by atoms with Gasteiger partial charge in [-0.15, -0.1) is 0 Å². The summed E-state index contributed by atoms with van der Waals surface area (Å²) >= 11 is 0. The van der Waals surface area contributed by atoms with E-state index in [-0.39, 0.29) is 18.0 Å². The van der Waals surface area contributed by atoms with Crippen LogP contribution in [-0.2, 0) is 11.0 Å². The van der Waals surface area contributed by atoms with Gasteiger partial charge in [0, 0.05) is 11.6 Å². The number of rotatable bonds is 3. The highest BCUT2D eigenvalue weighted by Gasteiger charge is 2.32. The minimum atomic E-state index is -4.45. The topological polar surface area (TPSA) is 29.1 Å². The fraction of sp³-hybridized carbons (Fsp3) is 0.105. The lowest BCUT2D eigenvalue weighted by atomic mass is 10.1. The Labute approximate surface area is 138 Å². The maximum Gasteiger partial charge on any atom is 0.417 e. The molecular formula is C19H14F3NO. The molecule has 122 valence electrons. The number of benzene rings is 2. The Hall–Kier alpha value is -3.00. The van der Waals surface area contributed by atoms with Crippen molar-refractivity contribution in [3.63, 3.8) is 0 Å². The standard InChI is InChI=1S/C19H14F3NO/c20-19(21,22)17-11-5-4-9-16(17)10-6-14-23-18(24)13-12-15-7-2-1-3-8-15/h1-5,7-9,11-13H,14H2,(H,23,24)/b13-12+. The molecule has 0 aliphatic rings. The first-order valence-corrected chi connectivity index (χ1v) is 7.13. The summed E-state index contributed by atoms with van der Waals surface area (Å²) in [5.74, 6) is 4.60. The van der Waals surface area contributed by atoms with Crippen molar-refractivity contribution in [2.75, 3.05) is 6.54 Å². The minimum Gasteiger partial charge on any atom is -0.342 e. The Morgan fingerprint density at radius 2 is 1.71 bits per heavy atom. The zero-order valence-corrected chi connectivity index (χ0v) is 12.6. The fourth-order valence-corrected chi connectivity index (χ4v) is 1.91. The van der Waals surface area contributed by atoms with E-state index >= 15 is 0 Å². The van der Waals surface area contributed by atoms with Crippen molar-refractivity contribution in [1.82, 2.24) is 5.32 Å². The van der Waals surface area contributed by atoms with Crippen molar-refractivity contribution in [3.8, 4) is 11.8 Å². The van der Waals surface area contributed by atoms with Gasteiger partial charge in [0.1, 0.15) is 0 Å². The number of nitrogens with one attached hydrogen (secondary N) is 1. The van der Waals surface area contributed by atoms with Gasteiger partial charge in [0.2, 0.25) is 5.91 Å². The van der Waals surface area contributed by atoms with Crippen molar-refractivity contribution in [1.29, 1.82) is 0 Å². The molecule has 5 heteroatoms. The first-order chi connectivity index (χ1) is 11.5. The van der Waals surface area contributed by atoms with Gasteiger partial charge >= 0.3 is 6.18 Å². The monoisotopic (exact) mass is 329 g/mol. The zero-order chi connectivity index (χ0) is 17.4. The first-order valence-electron chi connectivity index (χ1n) is 7.13. The largest absolute Gasteiger partial charge is 0.417 e. The minimum absolute atomic E-state index is 0.0375. The lowest BCUT2D eigenvalue weighted by molar-refractivity contribution is -0.137. The van der Waals surface area contributed by atoms with Crippen molar-refractivity contribution in [2.45, 2.75) is 6.18 Å². The second kappa shape index (κ2) is 8.02. The van der Waals surface area contributed by atoms with Crippen LogP contribution in [0.4, 0.5) is 13.2 Å². The molecule has 0 fully saturated rings. The van der Waals surface area contributed by atoms with Gasteiger partial charge in [0.05, 0.1) is 12.1 Å². The summed E-state index contributed by atoms with van der Waals surface area (Å²) in [4.78, 5) is 11.6. The van der Waals surface area contributed by atoms with Crippen LogP contribution in [0, 0.1) is 11.8 Å². The Bertz CT molecular complexity index is 783. The summed E-state index contributed by atoms with van der Waals surface area (Å²) in [5, 5.41) is 2.50. The molecule has 0 atom stereocenters. The van der Waals surface area contributed by atoms with Gasteiger partial charge in [-0.2, -0.15) is 13.2 Å². The molecule has 0 aromatic heterocycles. The number of alkyl halides is 3. The van der Waals surface area contributed by atoms with Crippen LogP contribution >= 0.6 is 0 Å². The molecule has 1 N–H and O–H groups in total. The van der Waals surface area contributed by atoms with E-state index in [0.29, 0.717) is 0 Å². The molecule has 2 aromatic carbocycles. The van der Waals surface area contributed by atoms with Crippen LogP contribution in [-0.4, -0.2) is 12.5 Å². The van der Waals surface area contributed by atoms with E-state index in [9.17, 15) is 18.0 Å². The fourth-order valence-electron chi connectivity index (χ4n) is 1.91. The average molecular weight is 329 g/mol. The van der Waals surface area contributed by atoms with Crippen LogP contribution in [0.3, 0.4) is 0 Å². The van der Waals surface area contributed by atoms with Crippen molar-refractivity contribution < 1.29 is 18.0 Å². The predicted molar refractivity (Wildman–Crippen MR) is 86.8 cm³/mol.